The number of benzene rings is 1. The van der Waals surface area contributed by atoms with E-state index in [0.717, 1.165) is 5.56 Å². The number of carbonyl (C=O) groups is 1. The molecular weight excluding hydrogens is 296 g/mol. The van der Waals surface area contributed by atoms with Crippen LogP contribution in [0.1, 0.15) is 27.7 Å². The molecule has 1 aromatic heterocycles. The summed E-state index contributed by atoms with van der Waals surface area (Å²) in [4.78, 5) is 12.0. The van der Waals surface area contributed by atoms with E-state index in [2.05, 4.69) is 26.4 Å². The van der Waals surface area contributed by atoms with Crippen molar-refractivity contribution >= 4 is 21.8 Å². The molecule has 0 saturated heterocycles. The van der Waals surface area contributed by atoms with Gasteiger partial charge in [-0.25, -0.2) is 0 Å². The van der Waals surface area contributed by atoms with Crippen LogP contribution in [0.25, 0.3) is 0 Å². The quantitative estimate of drug-likeness (QED) is 0.884. The number of aryl methyl sites for hydroxylation is 1. The molecule has 4 nitrogen and oxygen atoms in total. The summed E-state index contributed by atoms with van der Waals surface area (Å²) in [5.41, 5.74) is 1.52. The maximum atomic E-state index is 12.0. The van der Waals surface area contributed by atoms with E-state index in [1.165, 1.54) is 6.20 Å². The molecule has 2 rings (SSSR count). The monoisotopic (exact) mass is 308 g/mol. The van der Waals surface area contributed by atoms with Gasteiger partial charge in [-0.1, -0.05) is 51.4 Å². The lowest BCUT2D eigenvalue weighted by Gasteiger charge is -2.16. The van der Waals surface area contributed by atoms with Crippen molar-refractivity contribution in [3.8, 4) is 0 Å². The summed E-state index contributed by atoms with van der Waals surface area (Å²) in [6, 6.07) is 9.72. The lowest BCUT2D eigenvalue weighted by molar-refractivity contribution is 0.0939. The Labute approximate surface area is 113 Å². The van der Waals surface area contributed by atoms with Crippen LogP contribution in [0.15, 0.2) is 41.1 Å². The third-order valence-electron chi connectivity index (χ3n) is 2.66. The smallest absolute Gasteiger partial charge is 0.257 e. The van der Waals surface area contributed by atoms with E-state index in [-0.39, 0.29) is 11.9 Å². The molecule has 0 aliphatic heterocycles. The highest BCUT2D eigenvalue weighted by Crippen LogP contribution is 2.16. The molecule has 0 bridgehead atoms. The Bertz CT molecular complexity index is 525. The van der Waals surface area contributed by atoms with E-state index < -0.39 is 0 Å². The standard InChI is InChI=1S/C13H13BrN2O2/c1-9-11(8-15-18-9)13(17)16-12(7-14)10-5-3-2-4-6-10/h2-6,8,12H,7H2,1H3,(H,16,17). The van der Waals surface area contributed by atoms with Gasteiger partial charge in [-0.2, -0.15) is 0 Å². The van der Waals surface area contributed by atoms with Crippen molar-refractivity contribution in [1.29, 1.82) is 0 Å². The number of hydrogen-bond acceptors (Lipinski definition) is 3. The average Bonchev–Trinajstić information content (AvgIpc) is 2.83. The first-order valence-electron chi connectivity index (χ1n) is 5.55. The molecule has 1 unspecified atom stereocenters. The first kappa shape index (κ1) is 12.8. The second-order valence-corrected chi connectivity index (χ2v) is 4.53. The summed E-state index contributed by atoms with van der Waals surface area (Å²) < 4.78 is 4.88. The number of carbonyl (C=O) groups excluding carboxylic acids is 1. The van der Waals surface area contributed by atoms with Crippen LogP contribution in [0, 0.1) is 6.92 Å². The van der Waals surface area contributed by atoms with Gasteiger partial charge in [0, 0.05) is 5.33 Å². The lowest BCUT2D eigenvalue weighted by Crippen LogP contribution is -2.29. The second-order valence-electron chi connectivity index (χ2n) is 3.89. The minimum Gasteiger partial charge on any atom is -0.361 e. The van der Waals surface area contributed by atoms with Crippen LogP contribution in [0.5, 0.6) is 0 Å². The molecule has 2 aromatic rings. The van der Waals surface area contributed by atoms with Crippen molar-refractivity contribution in [2.24, 2.45) is 0 Å². The van der Waals surface area contributed by atoms with Gasteiger partial charge in [0.1, 0.15) is 11.3 Å². The molecule has 0 radical (unpaired) electrons. The number of nitrogens with one attached hydrogen (secondary N) is 1. The van der Waals surface area contributed by atoms with Crippen LogP contribution in [0.4, 0.5) is 0 Å². The van der Waals surface area contributed by atoms with Gasteiger partial charge in [-0.05, 0) is 12.5 Å². The van der Waals surface area contributed by atoms with Crippen LogP contribution in [0.2, 0.25) is 0 Å². The van der Waals surface area contributed by atoms with Gasteiger partial charge in [0.2, 0.25) is 0 Å². The van der Waals surface area contributed by atoms with Crippen LogP contribution >= 0.6 is 15.9 Å². The molecule has 1 N–H and O–H groups in total. The molecule has 0 aliphatic carbocycles. The number of alkyl halides is 1. The van der Waals surface area contributed by atoms with Crippen LogP contribution < -0.4 is 5.32 Å². The summed E-state index contributed by atoms with van der Waals surface area (Å²) in [5.74, 6) is 0.343. The Kier molecular flexibility index (Phi) is 4.15. The Hall–Kier alpha value is -1.62. The second kappa shape index (κ2) is 5.82. The summed E-state index contributed by atoms with van der Waals surface area (Å²) in [6.45, 7) is 1.72. The topological polar surface area (TPSA) is 55.1 Å². The zero-order chi connectivity index (χ0) is 13.0. The van der Waals surface area contributed by atoms with Gasteiger partial charge in [0.25, 0.3) is 5.91 Å². The van der Waals surface area contributed by atoms with Gasteiger partial charge in [-0.15, -0.1) is 0 Å². The summed E-state index contributed by atoms with van der Waals surface area (Å²) in [7, 11) is 0. The number of halogens is 1. The van der Waals surface area contributed by atoms with E-state index >= 15 is 0 Å². The molecule has 0 spiro atoms. The van der Waals surface area contributed by atoms with Gasteiger partial charge >= 0.3 is 0 Å². The van der Waals surface area contributed by atoms with Crippen molar-refractivity contribution in [3.63, 3.8) is 0 Å². The highest BCUT2D eigenvalue weighted by atomic mass is 79.9. The molecule has 94 valence electrons. The Morgan fingerprint density at radius 1 is 1.44 bits per heavy atom. The van der Waals surface area contributed by atoms with E-state index in [1.807, 2.05) is 30.3 Å². The van der Waals surface area contributed by atoms with E-state index in [4.69, 9.17) is 4.52 Å². The highest BCUT2D eigenvalue weighted by molar-refractivity contribution is 9.09. The summed E-state index contributed by atoms with van der Waals surface area (Å²) in [5, 5.41) is 7.19. The van der Waals surface area contributed by atoms with Crippen molar-refractivity contribution in [1.82, 2.24) is 10.5 Å². The minimum atomic E-state index is -0.179. The molecule has 1 atom stereocenters. The molecule has 1 aromatic carbocycles. The van der Waals surface area contributed by atoms with Gasteiger partial charge in [0.05, 0.1) is 12.2 Å². The first-order chi connectivity index (χ1) is 8.72. The van der Waals surface area contributed by atoms with E-state index in [9.17, 15) is 4.79 Å². The number of aromatic nitrogens is 1. The third-order valence-corrected chi connectivity index (χ3v) is 3.30. The average molecular weight is 309 g/mol. The minimum absolute atomic E-state index is 0.0759. The molecule has 5 heteroatoms. The zero-order valence-corrected chi connectivity index (χ0v) is 11.5. The molecule has 0 aliphatic rings. The van der Waals surface area contributed by atoms with Gasteiger partial charge < -0.3 is 9.84 Å². The highest BCUT2D eigenvalue weighted by Gasteiger charge is 2.17. The fourth-order valence-corrected chi connectivity index (χ4v) is 2.18. The van der Waals surface area contributed by atoms with Crippen molar-refractivity contribution < 1.29 is 9.32 Å². The SMILES string of the molecule is Cc1oncc1C(=O)NC(CBr)c1ccccc1. The Morgan fingerprint density at radius 3 is 2.72 bits per heavy atom. The molecule has 1 heterocycles. The first-order valence-corrected chi connectivity index (χ1v) is 6.67. The van der Waals surface area contributed by atoms with Gasteiger partial charge in [0.15, 0.2) is 0 Å². The predicted molar refractivity (Wildman–Crippen MR) is 71.7 cm³/mol. The third kappa shape index (κ3) is 2.79. The molecule has 0 fully saturated rings. The lowest BCUT2D eigenvalue weighted by atomic mass is 10.1. The van der Waals surface area contributed by atoms with E-state index in [0.29, 0.717) is 16.7 Å². The van der Waals surface area contributed by atoms with Crippen molar-refractivity contribution in [3.05, 3.63) is 53.4 Å². The zero-order valence-electron chi connectivity index (χ0n) is 9.89. The maximum absolute atomic E-state index is 12.0. The normalized spacial score (nSPS) is 12.1. The number of hydrogen-bond donors (Lipinski definition) is 1. The molecule has 0 saturated carbocycles. The summed E-state index contributed by atoms with van der Waals surface area (Å²) >= 11 is 3.41. The van der Waals surface area contributed by atoms with Crippen molar-refractivity contribution in [2.45, 2.75) is 13.0 Å². The number of rotatable bonds is 4. The van der Waals surface area contributed by atoms with Crippen LogP contribution in [-0.4, -0.2) is 16.4 Å². The largest absolute Gasteiger partial charge is 0.361 e. The predicted octanol–water partition coefficient (Wildman–Crippen LogP) is 2.85. The molecule has 1 amide bonds. The number of nitrogens with zero attached hydrogens (tertiary/aromatic N) is 1. The Balaban J connectivity index is 2.13. The Morgan fingerprint density at radius 2 is 2.17 bits per heavy atom. The summed E-state index contributed by atoms with van der Waals surface area (Å²) in [6.07, 6.45) is 1.43. The maximum Gasteiger partial charge on any atom is 0.257 e. The van der Waals surface area contributed by atoms with Crippen LogP contribution in [0.3, 0.4) is 0 Å². The van der Waals surface area contributed by atoms with Crippen LogP contribution in [-0.2, 0) is 0 Å². The van der Waals surface area contributed by atoms with E-state index in [1.54, 1.807) is 6.92 Å². The molecule has 18 heavy (non-hydrogen) atoms. The van der Waals surface area contributed by atoms with Gasteiger partial charge in [-0.3, -0.25) is 4.79 Å². The van der Waals surface area contributed by atoms with Crippen molar-refractivity contribution in [2.75, 3.05) is 5.33 Å². The fourth-order valence-electron chi connectivity index (χ4n) is 1.65. The fraction of sp³-hybridized carbons (Fsp3) is 0.231. The number of amides is 1. The molecular formula is C13H13BrN2O2.